The van der Waals surface area contributed by atoms with E-state index in [1.807, 2.05) is 32.3 Å². The van der Waals surface area contributed by atoms with E-state index in [0.29, 0.717) is 17.9 Å². The third-order valence-corrected chi connectivity index (χ3v) is 2.91. The van der Waals surface area contributed by atoms with Gasteiger partial charge in [0, 0.05) is 25.4 Å². The number of carbonyl (C=O) groups excluding carboxylic acids is 1. The number of nitrogens with one attached hydrogen (secondary N) is 1. The maximum Gasteiger partial charge on any atom is 0.255 e. The Morgan fingerprint density at radius 3 is 2.79 bits per heavy atom. The van der Waals surface area contributed by atoms with Gasteiger partial charge < -0.3 is 10.1 Å². The molecule has 0 unspecified atom stereocenters. The summed E-state index contributed by atoms with van der Waals surface area (Å²) in [5, 5.41) is 7.11. The topological polar surface area (TPSA) is 56.1 Å². The zero-order valence-electron chi connectivity index (χ0n) is 11.3. The van der Waals surface area contributed by atoms with Gasteiger partial charge in [0.25, 0.3) is 5.91 Å². The second kappa shape index (κ2) is 5.56. The van der Waals surface area contributed by atoms with Crippen molar-refractivity contribution in [2.24, 2.45) is 7.05 Å². The van der Waals surface area contributed by atoms with Crippen molar-refractivity contribution in [2.45, 2.75) is 13.5 Å². The van der Waals surface area contributed by atoms with Gasteiger partial charge in [0.15, 0.2) is 0 Å². The number of amides is 1. The minimum absolute atomic E-state index is 0.152. The van der Waals surface area contributed by atoms with Crippen LogP contribution < -0.4 is 10.1 Å². The molecule has 0 atom stereocenters. The highest BCUT2D eigenvalue weighted by atomic mass is 16.5. The SMILES string of the molecule is COc1ccccc1C(=O)NCc1cn(C)nc1C. The average Bonchev–Trinajstić information content (AvgIpc) is 2.74. The van der Waals surface area contributed by atoms with E-state index in [4.69, 9.17) is 4.74 Å². The molecule has 0 aliphatic rings. The van der Waals surface area contributed by atoms with Crippen LogP contribution in [0.25, 0.3) is 0 Å². The third kappa shape index (κ3) is 2.93. The maximum atomic E-state index is 12.1. The number of hydrogen-bond acceptors (Lipinski definition) is 3. The van der Waals surface area contributed by atoms with Crippen LogP contribution in [0.15, 0.2) is 30.5 Å². The van der Waals surface area contributed by atoms with Crippen molar-refractivity contribution >= 4 is 5.91 Å². The maximum absolute atomic E-state index is 12.1. The first-order chi connectivity index (χ1) is 9.11. The number of aromatic nitrogens is 2. The van der Waals surface area contributed by atoms with E-state index in [2.05, 4.69) is 10.4 Å². The predicted octanol–water partition coefficient (Wildman–Crippen LogP) is 1.67. The van der Waals surface area contributed by atoms with E-state index in [0.717, 1.165) is 11.3 Å². The fourth-order valence-electron chi connectivity index (χ4n) is 1.93. The van der Waals surface area contributed by atoms with Gasteiger partial charge in [0.1, 0.15) is 5.75 Å². The van der Waals surface area contributed by atoms with Crippen molar-refractivity contribution in [1.29, 1.82) is 0 Å². The Morgan fingerprint density at radius 1 is 1.42 bits per heavy atom. The van der Waals surface area contributed by atoms with E-state index in [-0.39, 0.29) is 5.91 Å². The summed E-state index contributed by atoms with van der Waals surface area (Å²) in [7, 11) is 3.41. The van der Waals surface area contributed by atoms with Crippen LogP contribution >= 0.6 is 0 Å². The van der Waals surface area contributed by atoms with E-state index in [9.17, 15) is 4.79 Å². The molecule has 5 heteroatoms. The lowest BCUT2D eigenvalue weighted by atomic mass is 10.2. The Kier molecular flexibility index (Phi) is 3.85. The molecule has 19 heavy (non-hydrogen) atoms. The number of hydrogen-bond donors (Lipinski definition) is 1. The van der Waals surface area contributed by atoms with Crippen LogP contribution in [0.2, 0.25) is 0 Å². The molecule has 0 fully saturated rings. The second-order valence-electron chi connectivity index (χ2n) is 4.30. The molecule has 0 spiro atoms. The Labute approximate surface area is 112 Å². The Morgan fingerprint density at radius 2 is 2.16 bits per heavy atom. The standard InChI is InChI=1S/C14H17N3O2/c1-10-11(9-17(2)16-10)8-15-14(18)12-6-4-5-7-13(12)19-3/h4-7,9H,8H2,1-3H3,(H,15,18). The highest BCUT2D eigenvalue weighted by Gasteiger charge is 2.12. The molecule has 1 heterocycles. The zero-order valence-corrected chi connectivity index (χ0v) is 11.3. The highest BCUT2D eigenvalue weighted by molar-refractivity contribution is 5.96. The summed E-state index contributed by atoms with van der Waals surface area (Å²) < 4.78 is 6.91. The van der Waals surface area contributed by atoms with Crippen LogP contribution in [0.4, 0.5) is 0 Å². The summed E-state index contributed by atoms with van der Waals surface area (Å²) in [6.07, 6.45) is 1.90. The molecule has 0 saturated heterocycles. The molecular formula is C14H17N3O2. The fraction of sp³-hybridized carbons (Fsp3) is 0.286. The van der Waals surface area contributed by atoms with Gasteiger partial charge in [-0.25, -0.2) is 0 Å². The lowest BCUT2D eigenvalue weighted by Crippen LogP contribution is -2.23. The second-order valence-corrected chi connectivity index (χ2v) is 4.30. The Bertz CT molecular complexity index is 590. The van der Waals surface area contributed by atoms with Crippen molar-refractivity contribution < 1.29 is 9.53 Å². The minimum Gasteiger partial charge on any atom is -0.496 e. The molecule has 0 bridgehead atoms. The Hall–Kier alpha value is -2.30. The smallest absolute Gasteiger partial charge is 0.255 e. The largest absolute Gasteiger partial charge is 0.496 e. The molecule has 1 aromatic carbocycles. The Balaban J connectivity index is 2.07. The molecule has 1 aromatic heterocycles. The number of para-hydroxylation sites is 1. The molecular weight excluding hydrogens is 242 g/mol. The van der Waals surface area contributed by atoms with Gasteiger partial charge in [0.05, 0.1) is 18.4 Å². The van der Waals surface area contributed by atoms with Crippen molar-refractivity contribution in [3.63, 3.8) is 0 Å². The summed E-state index contributed by atoms with van der Waals surface area (Å²) in [5.74, 6) is 0.420. The molecule has 2 rings (SSSR count). The zero-order chi connectivity index (χ0) is 13.8. The molecule has 0 saturated carbocycles. The van der Waals surface area contributed by atoms with Gasteiger partial charge in [0.2, 0.25) is 0 Å². The molecule has 1 N–H and O–H groups in total. The number of methoxy groups -OCH3 is 1. The summed E-state index contributed by atoms with van der Waals surface area (Å²) in [6.45, 7) is 2.38. The first-order valence-corrected chi connectivity index (χ1v) is 6.02. The van der Waals surface area contributed by atoms with Gasteiger partial charge in [-0.05, 0) is 19.1 Å². The number of nitrogens with zero attached hydrogens (tertiary/aromatic N) is 2. The van der Waals surface area contributed by atoms with Crippen molar-refractivity contribution in [3.8, 4) is 5.75 Å². The third-order valence-electron chi connectivity index (χ3n) is 2.91. The molecule has 0 aliphatic heterocycles. The molecule has 0 aliphatic carbocycles. The number of benzene rings is 1. The van der Waals surface area contributed by atoms with Crippen molar-refractivity contribution in [2.75, 3.05) is 7.11 Å². The molecule has 0 radical (unpaired) electrons. The minimum atomic E-state index is -0.152. The van der Waals surface area contributed by atoms with Crippen LogP contribution in [0.1, 0.15) is 21.6 Å². The van der Waals surface area contributed by atoms with Crippen LogP contribution in [0.3, 0.4) is 0 Å². The van der Waals surface area contributed by atoms with E-state index < -0.39 is 0 Å². The van der Waals surface area contributed by atoms with Crippen LogP contribution in [0, 0.1) is 6.92 Å². The van der Waals surface area contributed by atoms with Crippen LogP contribution in [0.5, 0.6) is 5.75 Å². The quantitative estimate of drug-likeness (QED) is 0.908. The fourth-order valence-corrected chi connectivity index (χ4v) is 1.93. The van der Waals surface area contributed by atoms with Gasteiger partial charge in [-0.2, -0.15) is 5.10 Å². The summed E-state index contributed by atoms with van der Waals surface area (Å²) >= 11 is 0. The first kappa shape index (κ1) is 13.1. The van der Waals surface area contributed by atoms with Crippen LogP contribution in [-0.4, -0.2) is 22.8 Å². The monoisotopic (exact) mass is 259 g/mol. The normalized spacial score (nSPS) is 10.3. The van der Waals surface area contributed by atoms with Gasteiger partial charge in [-0.15, -0.1) is 0 Å². The lowest BCUT2D eigenvalue weighted by Gasteiger charge is -2.08. The summed E-state index contributed by atoms with van der Waals surface area (Å²) in [6, 6.07) is 7.15. The first-order valence-electron chi connectivity index (χ1n) is 6.02. The lowest BCUT2D eigenvalue weighted by molar-refractivity contribution is 0.0948. The van der Waals surface area contributed by atoms with E-state index in [1.54, 1.807) is 23.9 Å². The molecule has 1 amide bonds. The molecule has 2 aromatic rings. The number of rotatable bonds is 4. The van der Waals surface area contributed by atoms with Gasteiger partial charge >= 0.3 is 0 Å². The van der Waals surface area contributed by atoms with Gasteiger partial charge in [-0.1, -0.05) is 12.1 Å². The van der Waals surface area contributed by atoms with Crippen molar-refractivity contribution in [3.05, 3.63) is 47.3 Å². The van der Waals surface area contributed by atoms with Crippen molar-refractivity contribution in [1.82, 2.24) is 15.1 Å². The number of aryl methyl sites for hydroxylation is 2. The average molecular weight is 259 g/mol. The predicted molar refractivity (Wildman–Crippen MR) is 72.1 cm³/mol. The van der Waals surface area contributed by atoms with Crippen LogP contribution in [-0.2, 0) is 13.6 Å². The summed E-state index contributed by atoms with van der Waals surface area (Å²) in [4.78, 5) is 12.1. The number of ether oxygens (including phenoxy) is 1. The van der Waals surface area contributed by atoms with E-state index >= 15 is 0 Å². The summed E-state index contributed by atoms with van der Waals surface area (Å²) in [5.41, 5.74) is 2.46. The number of carbonyl (C=O) groups is 1. The van der Waals surface area contributed by atoms with E-state index in [1.165, 1.54) is 0 Å². The highest BCUT2D eigenvalue weighted by Crippen LogP contribution is 2.17. The molecule has 5 nitrogen and oxygen atoms in total. The van der Waals surface area contributed by atoms with Gasteiger partial charge in [-0.3, -0.25) is 9.48 Å². The molecule has 100 valence electrons.